The molecule has 0 aromatic carbocycles. The number of carbonyl (C=O) groups excluding carboxylic acids is 1. The maximum Gasteiger partial charge on any atom is 0.306 e. The Bertz CT molecular complexity index is 692. The van der Waals surface area contributed by atoms with Gasteiger partial charge < -0.3 is 14.6 Å². The molecule has 1 atom stereocenters. The molecule has 4 heteroatoms. The van der Waals surface area contributed by atoms with Crippen LogP contribution in [0.1, 0.15) is 264 Å². The molecule has 52 heavy (non-hydrogen) atoms. The van der Waals surface area contributed by atoms with Crippen molar-refractivity contribution in [3.63, 3.8) is 0 Å². The van der Waals surface area contributed by atoms with Crippen molar-refractivity contribution in [3.05, 3.63) is 12.2 Å². The van der Waals surface area contributed by atoms with Crippen LogP contribution in [0.2, 0.25) is 0 Å². The highest BCUT2D eigenvalue weighted by atomic mass is 16.6. The number of hydrogen-bond acceptors (Lipinski definition) is 4. The van der Waals surface area contributed by atoms with Crippen molar-refractivity contribution < 1.29 is 19.4 Å². The van der Waals surface area contributed by atoms with Crippen molar-refractivity contribution in [1.82, 2.24) is 0 Å². The van der Waals surface area contributed by atoms with E-state index in [1.54, 1.807) is 0 Å². The molecule has 0 radical (unpaired) electrons. The molecule has 0 bridgehead atoms. The zero-order chi connectivity index (χ0) is 37.7. The summed E-state index contributed by atoms with van der Waals surface area (Å²) < 4.78 is 11.2. The molecular weight excluding hydrogens is 641 g/mol. The second-order valence-corrected chi connectivity index (χ2v) is 16.2. The van der Waals surface area contributed by atoms with Gasteiger partial charge in [0.05, 0.1) is 13.2 Å². The minimum Gasteiger partial charge on any atom is -0.457 e. The molecule has 0 aliphatic rings. The Kier molecular flexibility index (Phi) is 45.5. The maximum absolute atomic E-state index is 12.2. The van der Waals surface area contributed by atoms with Gasteiger partial charge in [-0.2, -0.15) is 0 Å². The van der Waals surface area contributed by atoms with Gasteiger partial charge >= 0.3 is 5.97 Å². The van der Waals surface area contributed by atoms with Crippen LogP contribution in [0.4, 0.5) is 0 Å². The van der Waals surface area contributed by atoms with Gasteiger partial charge in [0.15, 0.2) is 0 Å². The number of rotatable bonds is 45. The monoisotopic (exact) mass is 735 g/mol. The number of hydrogen-bond donors (Lipinski definition) is 1. The number of aliphatic hydroxyl groups excluding tert-OH is 1. The molecule has 0 saturated heterocycles. The second kappa shape index (κ2) is 46.3. The van der Waals surface area contributed by atoms with Gasteiger partial charge in [0, 0.05) is 13.0 Å². The molecule has 0 aliphatic carbocycles. The predicted molar refractivity (Wildman–Crippen MR) is 228 cm³/mol. The van der Waals surface area contributed by atoms with Crippen LogP contribution in [0.25, 0.3) is 0 Å². The Morgan fingerprint density at radius 2 is 0.750 bits per heavy atom. The average Bonchev–Trinajstić information content (AvgIpc) is 3.15. The first kappa shape index (κ1) is 51.1. The highest BCUT2D eigenvalue weighted by Gasteiger charge is 2.13. The van der Waals surface area contributed by atoms with Crippen molar-refractivity contribution in [3.8, 4) is 0 Å². The van der Waals surface area contributed by atoms with E-state index in [1.807, 2.05) is 0 Å². The summed E-state index contributed by atoms with van der Waals surface area (Å²) in [6.07, 6.45) is 55.8. The molecule has 0 spiro atoms. The lowest BCUT2D eigenvalue weighted by molar-refractivity contribution is -0.154. The van der Waals surface area contributed by atoms with E-state index in [0.717, 1.165) is 19.3 Å². The quantitative estimate of drug-likeness (QED) is 0.0384. The number of carbonyl (C=O) groups is 1. The third kappa shape index (κ3) is 43.5. The van der Waals surface area contributed by atoms with Gasteiger partial charge in [-0.15, -0.1) is 0 Å². The summed E-state index contributed by atoms with van der Waals surface area (Å²) in [4.78, 5) is 12.2. The highest BCUT2D eigenvalue weighted by molar-refractivity contribution is 5.69. The Labute approximate surface area is 326 Å². The van der Waals surface area contributed by atoms with E-state index >= 15 is 0 Å². The van der Waals surface area contributed by atoms with Crippen molar-refractivity contribution in [2.45, 2.75) is 270 Å². The molecule has 0 aromatic heterocycles. The number of aliphatic hydroxyl groups is 1. The van der Waals surface area contributed by atoms with Gasteiger partial charge in [-0.3, -0.25) is 4.79 Å². The SMILES string of the molecule is CCCCCCCC/C=C\CCCCCCCC(=O)OC(CO)COCCCCCCCCCCCCCCCCCCCCCCCCCCC. The van der Waals surface area contributed by atoms with Crippen molar-refractivity contribution in [2.24, 2.45) is 0 Å². The molecule has 0 fully saturated rings. The summed E-state index contributed by atoms with van der Waals surface area (Å²) in [5.41, 5.74) is 0. The first-order chi connectivity index (χ1) is 25.7. The van der Waals surface area contributed by atoms with E-state index in [9.17, 15) is 9.90 Å². The fraction of sp³-hybridized carbons (Fsp3) is 0.938. The smallest absolute Gasteiger partial charge is 0.306 e. The molecule has 0 rings (SSSR count). The Morgan fingerprint density at radius 1 is 0.442 bits per heavy atom. The van der Waals surface area contributed by atoms with Crippen LogP contribution in [-0.2, 0) is 14.3 Å². The lowest BCUT2D eigenvalue weighted by Gasteiger charge is -2.15. The van der Waals surface area contributed by atoms with Crippen LogP contribution >= 0.6 is 0 Å². The van der Waals surface area contributed by atoms with Crippen molar-refractivity contribution >= 4 is 5.97 Å². The minimum atomic E-state index is -0.533. The van der Waals surface area contributed by atoms with Crippen molar-refractivity contribution in [1.29, 1.82) is 0 Å². The van der Waals surface area contributed by atoms with E-state index < -0.39 is 6.10 Å². The normalized spacial score (nSPS) is 12.3. The fourth-order valence-corrected chi connectivity index (χ4v) is 7.27. The topological polar surface area (TPSA) is 55.8 Å². The van der Waals surface area contributed by atoms with Crippen LogP contribution in [-0.4, -0.2) is 37.0 Å². The highest BCUT2D eigenvalue weighted by Crippen LogP contribution is 2.16. The largest absolute Gasteiger partial charge is 0.457 e. The number of unbranched alkanes of at least 4 members (excludes halogenated alkanes) is 35. The molecule has 0 aliphatic heterocycles. The Hall–Kier alpha value is -0.870. The number of ether oxygens (including phenoxy) is 2. The maximum atomic E-state index is 12.2. The Balaban J connectivity index is 3.34. The van der Waals surface area contributed by atoms with E-state index in [2.05, 4.69) is 26.0 Å². The van der Waals surface area contributed by atoms with Crippen molar-refractivity contribution in [2.75, 3.05) is 19.8 Å². The van der Waals surface area contributed by atoms with Crippen LogP contribution in [0.5, 0.6) is 0 Å². The predicted octanol–water partition coefficient (Wildman–Crippen LogP) is 15.7. The summed E-state index contributed by atoms with van der Waals surface area (Å²) in [6.45, 7) is 5.38. The van der Waals surface area contributed by atoms with Crippen LogP contribution in [0.3, 0.4) is 0 Å². The summed E-state index contributed by atoms with van der Waals surface area (Å²) in [7, 11) is 0. The molecular formula is C48H94O4. The zero-order valence-corrected chi connectivity index (χ0v) is 35.6. The lowest BCUT2D eigenvalue weighted by atomic mass is 10.0. The van der Waals surface area contributed by atoms with Gasteiger partial charge in [0.2, 0.25) is 0 Å². The molecule has 0 aromatic rings. The lowest BCUT2D eigenvalue weighted by Crippen LogP contribution is -2.27. The van der Waals surface area contributed by atoms with E-state index in [4.69, 9.17) is 9.47 Å². The van der Waals surface area contributed by atoms with Crippen LogP contribution in [0.15, 0.2) is 12.2 Å². The van der Waals surface area contributed by atoms with E-state index in [0.29, 0.717) is 19.6 Å². The van der Waals surface area contributed by atoms with Gasteiger partial charge in [-0.1, -0.05) is 231 Å². The molecule has 0 heterocycles. The fourth-order valence-electron chi connectivity index (χ4n) is 7.27. The zero-order valence-electron chi connectivity index (χ0n) is 35.6. The molecule has 4 nitrogen and oxygen atoms in total. The molecule has 1 unspecified atom stereocenters. The van der Waals surface area contributed by atoms with Crippen LogP contribution < -0.4 is 0 Å². The molecule has 310 valence electrons. The standard InChI is InChI=1S/C48H94O4/c1-3-5-7-9-11-13-15-17-19-20-21-22-23-24-25-26-27-28-30-32-34-36-38-40-42-44-51-46-47(45-49)52-48(50)43-41-39-37-35-33-31-29-18-16-14-12-10-8-6-4-2/h18,29,47,49H,3-17,19-28,30-46H2,1-2H3/b29-18-. The third-order valence-corrected chi connectivity index (χ3v) is 10.8. The van der Waals surface area contributed by atoms with E-state index in [1.165, 1.54) is 225 Å². The first-order valence-electron chi connectivity index (χ1n) is 23.8. The minimum absolute atomic E-state index is 0.169. The summed E-state index contributed by atoms with van der Waals surface area (Å²) in [5.74, 6) is -0.203. The summed E-state index contributed by atoms with van der Waals surface area (Å²) in [6, 6.07) is 0. The number of allylic oxidation sites excluding steroid dienone is 2. The van der Waals surface area contributed by atoms with Gasteiger partial charge in [0.25, 0.3) is 0 Å². The van der Waals surface area contributed by atoms with E-state index in [-0.39, 0.29) is 12.6 Å². The first-order valence-corrected chi connectivity index (χ1v) is 23.8. The molecule has 0 amide bonds. The van der Waals surface area contributed by atoms with Crippen LogP contribution in [0, 0.1) is 0 Å². The number of esters is 1. The summed E-state index contributed by atoms with van der Waals surface area (Å²) >= 11 is 0. The molecule has 1 N–H and O–H groups in total. The van der Waals surface area contributed by atoms with Gasteiger partial charge in [0.1, 0.15) is 6.10 Å². The average molecular weight is 735 g/mol. The second-order valence-electron chi connectivity index (χ2n) is 16.2. The van der Waals surface area contributed by atoms with Gasteiger partial charge in [-0.05, 0) is 38.5 Å². The Morgan fingerprint density at radius 3 is 1.10 bits per heavy atom. The van der Waals surface area contributed by atoms with Gasteiger partial charge in [-0.25, -0.2) is 0 Å². The molecule has 0 saturated carbocycles. The third-order valence-electron chi connectivity index (χ3n) is 10.8. The summed E-state index contributed by atoms with van der Waals surface area (Å²) in [5, 5.41) is 9.61.